The largest absolute Gasteiger partial charge is 0.448 e. The van der Waals surface area contributed by atoms with Crippen LogP contribution in [0.3, 0.4) is 0 Å². The van der Waals surface area contributed by atoms with Crippen LogP contribution in [-0.4, -0.2) is 73.4 Å². The molecule has 3 aromatic rings. The number of likely N-dealkylation sites (tertiary alicyclic amines) is 1. The highest BCUT2D eigenvalue weighted by molar-refractivity contribution is 6.06. The SMILES string of the molecule is Cc1ccccc1N(C)C1CCN(c2ccc(C(=O)NCCCN3CCCC3=O)cc2NC(=O)c2coc(C3CC3)n2)CC1. The molecule has 2 aliphatic heterocycles. The van der Waals surface area contributed by atoms with E-state index in [4.69, 9.17) is 4.42 Å². The fourth-order valence-electron chi connectivity index (χ4n) is 6.31. The summed E-state index contributed by atoms with van der Waals surface area (Å²) in [5.41, 5.74) is 4.67. The summed E-state index contributed by atoms with van der Waals surface area (Å²) in [6.45, 7) is 5.70. The van der Waals surface area contributed by atoms with Crippen molar-refractivity contribution in [1.29, 1.82) is 0 Å². The average Bonchev–Trinajstić information content (AvgIpc) is 3.62. The Morgan fingerprint density at radius 2 is 1.84 bits per heavy atom. The van der Waals surface area contributed by atoms with Gasteiger partial charge in [0.05, 0.1) is 11.4 Å². The van der Waals surface area contributed by atoms with Crippen molar-refractivity contribution in [1.82, 2.24) is 15.2 Å². The number of anilines is 3. The van der Waals surface area contributed by atoms with E-state index < -0.39 is 0 Å². The molecule has 1 aliphatic carbocycles. The zero-order chi connectivity index (χ0) is 30.6. The minimum Gasteiger partial charge on any atom is -0.448 e. The number of nitrogens with zero attached hydrogens (tertiary/aromatic N) is 4. The predicted molar refractivity (Wildman–Crippen MR) is 170 cm³/mol. The number of rotatable bonds is 11. The molecule has 3 aliphatic rings. The van der Waals surface area contributed by atoms with Crippen molar-refractivity contribution in [3.63, 3.8) is 0 Å². The number of carbonyl (C=O) groups excluding carboxylic acids is 3. The molecule has 0 atom stereocenters. The minimum atomic E-state index is -0.357. The second-order valence-corrected chi connectivity index (χ2v) is 12.2. The quantitative estimate of drug-likeness (QED) is 0.300. The van der Waals surface area contributed by atoms with Gasteiger partial charge in [-0.1, -0.05) is 18.2 Å². The molecule has 6 rings (SSSR count). The first-order valence-corrected chi connectivity index (χ1v) is 15.9. The van der Waals surface area contributed by atoms with Crippen LogP contribution in [0.15, 0.2) is 53.1 Å². The lowest BCUT2D eigenvalue weighted by atomic mass is 10.0. The van der Waals surface area contributed by atoms with Gasteiger partial charge in [0.25, 0.3) is 11.8 Å². The number of carbonyl (C=O) groups is 3. The summed E-state index contributed by atoms with van der Waals surface area (Å²) in [5, 5.41) is 6.00. The maximum atomic E-state index is 13.3. The van der Waals surface area contributed by atoms with E-state index in [1.165, 1.54) is 17.5 Å². The van der Waals surface area contributed by atoms with E-state index in [0.717, 1.165) is 57.4 Å². The van der Waals surface area contributed by atoms with Crippen molar-refractivity contribution in [3.8, 4) is 0 Å². The van der Waals surface area contributed by atoms with Gasteiger partial charge in [0.2, 0.25) is 5.91 Å². The minimum absolute atomic E-state index is 0.189. The number of oxazole rings is 1. The fraction of sp³-hybridized carbons (Fsp3) is 0.471. The Hall–Kier alpha value is -4.34. The summed E-state index contributed by atoms with van der Waals surface area (Å²) in [7, 11) is 2.17. The van der Waals surface area contributed by atoms with Gasteiger partial charge < -0.3 is 29.8 Å². The predicted octanol–water partition coefficient (Wildman–Crippen LogP) is 4.96. The molecule has 10 nitrogen and oxygen atoms in total. The highest BCUT2D eigenvalue weighted by Crippen LogP contribution is 2.39. The van der Waals surface area contributed by atoms with Crippen LogP contribution in [-0.2, 0) is 4.79 Å². The number of piperidine rings is 1. The van der Waals surface area contributed by atoms with Crippen LogP contribution in [0.1, 0.15) is 83.2 Å². The summed E-state index contributed by atoms with van der Waals surface area (Å²) in [5.74, 6) is 0.537. The van der Waals surface area contributed by atoms with E-state index in [1.807, 2.05) is 17.0 Å². The third kappa shape index (κ3) is 6.74. The number of para-hydroxylation sites is 1. The number of amides is 3. The monoisotopic (exact) mass is 598 g/mol. The molecule has 10 heteroatoms. The van der Waals surface area contributed by atoms with Crippen LogP contribution in [0.2, 0.25) is 0 Å². The summed E-state index contributed by atoms with van der Waals surface area (Å²) in [6.07, 6.45) is 7.63. The molecule has 2 N–H and O–H groups in total. The van der Waals surface area contributed by atoms with Crippen LogP contribution >= 0.6 is 0 Å². The number of aryl methyl sites for hydroxylation is 1. The average molecular weight is 599 g/mol. The van der Waals surface area contributed by atoms with Crippen molar-refractivity contribution in [2.75, 3.05) is 54.9 Å². The van der Waals surface area contributed by atoms with Gasteiger partial charge in [0, 0.05) is 69.4 Å². The third-order valence-corrected chi connectivity index (χ3v) is 9.10. The van der Waals surface area contributed by atoms with Crippen LogP contribution < -0.4 is 20.4 Å². The van der Waals surface area contributed by atoms with Gasteiger partial charge >= 0.3 is 0 Å². The summed E-state index contributed by atoms with van der Waals surface area (Å²) < 4.78 is 5.56. The molecule has 0 unspecified atom stereocenters. The van der Waals surface area contributed by atoms with Gasteiger partial charge in [-0.2, -0.15) is 0 Å². The Bertz CT molecular complexity index is 1510. The standard InChI is InChI=1S/C34H42N6O4/c1-23-7-3-4-8-29(23)38(2)26-14-19-39(20-15-26)30-13-12-25(32(42)35-16-6-18-40-17-5-9-31(40)41)21-27(30)36-33(43)28-22-44-34(37-28)24-10-11-24/h3-4,7-8,12-13,21-22,24,26H,5-6,9-11,14-20H2,1-2H3,(H,35,42)(H,36,43). The zero-order valence-corrected chi connectivity index (χ0v) is 25.7. The number of nitrogens with one attached hydrogen (secondary N) is 2. The van der Waals surface area contributed by atoms with Gasteiger partial charge in [0.1, 0.15) is 6.26 Å². The summed E-state index contributed by atoms with van der Waals surface area (Å²) >= 11 is 0. The summed E-state index contributed by atoms with van der Waals surface area (Å²) in [6, 6.07) is 14.4. The van der Waals surface area contributed by atoms with E-state index in [9.17, 15) is 14.4 Å². The van der Waals surface area contributed by atoms with Crippen LogP contribution in [0, 0.1) is 6.92 Å². The molecule has 2 aromatic carbocycles. The fourth-order valence-corrected chi connectivity index (χ4v) is 6.31. The Labute approximate surface area is 258 Å². The molecule has 2 saturated heterocycles. The molecule has 0 spiro atoms. The van der Waals surface area contributed by atoms with Crippen LogP contribution in [0.4, 0.5) is 17.1 Å². The van der Waals surface area contributed by atoms with Crippen LogP contribution in [0.5, 0.6) is 0 Å². The molecule has 1 aromatic heterocycles. The normalized spacial score (nSPS) is 17.2. The van der Waals surface area contributed by atoms with E-state index in [-0.39, 0.29) is 23.4 Å². The van der Waals surface area contributed by atoms with Gasteiger partial charge in [-0.05, 0) is 75.3 Å². The highest BCUT2D eigenvalue weighted by atomic mass is 16.3. The van der Waals surface area contributed by atoms with Crippen molar-refractivity contribution >= 4 is 34.8 Å². The van der Waals surface area contributed by atoms with Crippen molar-refractivity contribution in [3.05, 3.63) is 71.4 Å². The molecule has 3 heterocycles. The lowest BCUT2D eigenvalue weighted by Gasteiger charge is -2.40. The molecule has 3 amide bonds. The van der Waals surface area contributed by atoms with E-state index in [2.05, 4.69) is 63.7 Å². The third-order valence-electron chi connectivity index (χ3n) is 9.10. The lowest BCUT2D eigenvalue weighted by Crippen LogP contribution is -2.44. The number of hydrogen-bond donors (Lipinski definition) is 2. The molecule has 44 heavy (non-hydrogen) atoms. The first-order valence-electron chi connectivity index (χ1n) is 15.9. The van der Waals surface area contributed by atoms with Crippen molar-refractivity contribution in [2.24, 2.45) is 0 Å². The van der Waals surface area contributed by atoms with E-state index in [0.29, 0.717) is 55.0 Å². The molecular weight excluding hydrogens is 556 g/mol. The first-order chi connectivity index (χ1) is 21.4. The van der Waals surface area contributed by atoms with Crippen LogP contribution in [0.25, 0.3) is 0 Å². The summed E-state index contributed by atoms with van der Waals surface area (Å²) in [4.78, 5) is 49.2. The second-order valence-electron chi connectivity index (χ2n) is 12.2. The maximum absolute atomic E-state index is 13.3. The Morgan fingerprint density at radius 1 is 1.05 bits per heavy atom. The first kappa shape index (κ1) is 29.7. The number of hydrogen-bond acceptors (Lipinski definition) is 7. The molecule has 0 bridgehead atoms. The second kappa shape index (κ2) is 13.1. The maximum Gasteiger partial charge on any atom is 0.277 e. The zero-order valence-electron chi connectivity index (χ0n) is 25.7. The molecule has 0 radical (unpaired) electrons. The molecule has 232 valence electrons. The smallest absolute Gasteiger partial charge is 0.277 e. The van der Waals surface area contributed by atoms with Gasteiger partial charge in [0.15, 0.2) is 11.6 Å². The number of benzene rings is 2. The van der Waals surface area contributed by atoms with Gasteiger partial charge in [-0.25, -0.2) is 4.98 Å². The molecule has 1 saturated carbocycles. The topological polar surface area (TPSA) is 111 Å². The Kier molecular flexibility index (Phi) is 8.86. The molecule has 3 fully saturated rings. The lowest BCUT2D eigenvalue weighted by molar-refractivity contribution is -0.127. The van der Waals surface area contributed by atoms with Crippen molar-refractivity contribution in [2.45, 2.75) is 63.8 Å². The molecular formula is C34H42N6O4. The van der Waals surface area contributed by atoms with E-state index >= 15 is 0 Å². The number of aromatic nitrogens is 1. The highest BCUT2D eigenvalue weighted by Gasteiger charge is 2.30. The Morgan fingerprint density at radius 3 is 2.57 bits per heavy atom. The van der Waals surface area contributed by atoms with E-state index in [1.54, 1.807) is 6.07 Å². The van der Waals surface area contributed by atoms with Crippen molar-refractivity contribution < 1.29 is 18.8 Å². The van der Waals surface area contributed by atoms with Gasteiger partial charge in [-0.3, -0.25) is 14.4 Å². The Balaban J connectivity index is 1.14. The van der Waals surface area contributed by atoms with Gasteiger partial charge in [-0.15, -0.1) is 0 Å².